The summed E-state index contributed by atoms with van der Waals surface area (Å²) in [5.74, 6) is -0.925. The minimum atomic E-state index is -0.610. The number of benzene rings is 2. The third-order valence-corrected chi connectivity index (χ3v) is 5.45. The fourth-order valence-corrected chi connectivity index (χ4v) is 3.52. The van der Waals surface area contributed by atoms with Crippen LogP contribution in [0, 0.1) is 12.7 Å². The van der Waals surface area contributed by atoms with Gasteiger partial charge < -0.3 is 15.1 Å². The van der Waals surface area contributed by atoms with Crippen LogP contribution in [0.15, 0.2) is 64.1 Å². The van der Waals surface area contributed by atoms with Gasteiger partial charge in [0.1, 0.15) is 11.6 Å². The van der Waals surface area contributed by atoms with Crippen LogP contribution in [-0.2, 0) is 4.79 Å². The summed E-state index contributed by atoms with van der Waals surface area (Å²) in [7, 11) is 0. The summed E-state index contributed by atoms with van der Waals surface area (Å²) in [5.41, 5.74) is 0.650. The van der Waals surface area contributed by atoms with Crippen LogP contribution in [0.4, 0.5) is 15.8 Å². The van der Waals surface area contributed by atoms with Gasteiger partial charge in [0, 0.05) is 15.6 Å². The average molecular weight is 433 g/mol. The van der Waals surface area contributed by atoms with E-state index in [2.05, 4.69) is 10.6 Å². The summed E-state index contributed by atoms with van der Waals surface area (Å²) < 4.78 is 19.2. The fraction of sp³-hybridized carbons (Fsp3) is 0.143. The summed E-state index contributed by atoms with van der Waals surface area (Å²) in [4.78, 5) is 25.7. The molecule has 0 saturated heterocycles. The van der Waals surface area contributed by atoms with E-state index in [9.17, 15) is 14.0 Å². The smallest absolute Gasteiger partial charge is 0.259 e. The molecule has 0 radical (unpaired) electrons. The monoisotopic (exact) mass is 432 g/mol. The van der Waals surface area contributed by atoms with Crippen molar-refractivity contribution in [3.8, 4) is 0 Å². The van der Waals surface area contributed by atoms with E-state index in [4.69, 9.17) is 16.0 Å². The van der Waals surface area contributed by atoms with Gasteiger partial charge in [-0.25, -0.2) is 4.39 Å². The predicted octanol–water partition coefficient (Wildman–Crippen LogP) is 5.75. The summed E-state index contributed by atoms with van der Waals surface area (Å²) >= 11 is 7.24. The van der Waals surface area contributed by atoms with Crippen LogP contribution in [0.2, 0.25) is 5.02 Å². The molecule has 1 heterocycles. The Morgan fingerprint density at radius 1 is 1.10 bits per heavy atom. The summed E-state index contributed by atoms with van der Waals surface area (Å²) in [6.07, 6.45) is 1.39. The highest BCUT2D eigenvalue weighted by molar-refractivity contribution is 8.00. The van der Waals surface area contributed by atoms with Gasteiger partial charge in [0.2, 0.25) is 5.91 Å². The Morgan fingerprint density at radius 3 is 2.48 bits per heavy atom. The maximum atomic E-state index is 14.1. The van der Waals surface area contributed by atoms with E-state index in [-0.39, 0.29) is 11.6 Å². The molecule has 0 spiro atoms. The quantitative estimate of drug-likeness (QED) is 0.486. The van der Waals surface area contributed by atoms with E-state index in [1.807, 2.05) is 12.1 Å². The molecule has 0 saturated carbocycles. The van der Waals surface area contributed by atoms with E-state index in [1.54, 1.807) is 26.0 Å². The van der Waals surface area contributed by atoms with Gasteiger partial charge in [-0.05, 0) is 62.4 Å². The van der Waals surface area contributed by atoms with Crippen molar-refractivity contribution in [2.75, 3.05) is 10.6 Å². The minimum Gasteiger partial charge on any atom is -0.469 e. The molecule has 5 nitrogen and oxygen atoms in total. The van der Waals surface area contributed by atoms with Crippen LogP contribution in [0.3, 0.4) is 0 Å². The molecule has 0 aliphatic heterocycles. The van der Waals surface area contributed by atoms with Gasteiger partial charge in [-0.15, -0.1) is 11.8 Å². The van der Waals surface area contributed by atoms with Crippen LogP contribution in [0.25, 0.3) is 0 Å². The van der Waals surface area contributed by atoms with Gasteiger partial charge in [-0.3, -0.25) is 9.59 Å². The lowest BCUT2D eigenvalue weighted by atomic mass is 10.2. The fourth-order valence-electron chi connectivity index (χ4n) is 2.52. The zero-order chi connectivity index (χ0) is 21.0. The molecule has 0 bridgehead atoms. The molecule has 0 fully saturated rings. The summed E-state index contributed by atoms with van der Waals surface area (Å²) in [6.45, 7) is 3.41. The molecule has 29 heavy (non-hydrogen) atoms. The highest BCUT2D eigenvalue weighted by Crippen LogP contribution is 2.26. The molecule has 8 heteroatoms. The lowest BCUT2D eigenvalue weighted by Crippen LogP contribution is -2.22. The molecule has 3 rings (SSSR count). The Kier molecular flexibility index (Phi) is 6.61. The summed E-state index contributed by atoms with van der Waals surface area (Å²) in [6, 6.07) is 12.7. The number of furan rings is 1. The second-order valence-corrected chi connectivity index (χ2v) is 8.09. The lowest BCUT2D eigenvalue weighted by Gasteiger charge is -2.13. The van der Waals surface area contributed by atoms with Crippen molar-refractivity contribution in [3.05, 3.63) is 77.0 Å². The first-order valence-corrected chi connectivity index (χ1v) is 9.97. The number of nitrogens with one attached hydrogen (secondary N) is 2. The third-order valence-electron chi connectivity index (χ3n) is 4.08. The van der Waals surface area contributed by atoms with Gasteiger partial charge in [0.05, 0.1) is 22.8 Å². The Bertz CT molecular complexity index is 1040. The maximum Gasteiger partial charge on any atom is 0.259 e. The van der Waals surface area contributed by atoms with Crippen molar-refractivity contribution in [2.45, 2.75) is 24.0 Å². The number of aryl methyl sites for hydroxylation is 1. The lowest BCUT2D eigenvalue weighted by molar-refractivity contribution is -0.115. The van der Waals surface area contributed by atoms with Gasteiger partial charge in [-0.1, -0.05) is 11.6 Å². The number of hydrogen-bond acceptors (Lipinski definition) is 4. The number of anilines is 2. The van der Waals surface area contributed by atoms with Crippen molar-refractivity contribution in [1.29, 1.82) is 0 Å². The number of halogens is 2. The van der Waals surface area contributed by atoms with Gasteiger partial charge in [0.15, 0.2) is 0 Å². The summed E-state index contributed by atoms with van der Waals surface area (Å²) in [5, 5.41) is 5.46. The van der Waals surface area contributed by atoms with E-state index >= 15 is 0 Å². The number of rotatable bonds is 6. The molecule has 0 aliphatic rings. The minimum absolute atomic E-state index is 0.0357. The Balaban J connectivity index is 1.67. The molecule has 1 atom stereocenters. The first-order valence-electron chi connectivity index (χ1n) is 8.71. The van der Waals surface area contributed by atoms with Crippen molar-refractivity contribution in [2.24, 2.45) is 0 Å². The Hall–Kier alpha value is -2.77. The molecule has 2 N–H and O–H groups in total. The Morgan fingerprint density at radius 2 is 1.83 bits per heavy atom. The number of amides is 2. The van der Waals surface area contributed by atoms with E-state index in [0.717, 1.165) is 4.90 Å². The molecule has 2 aromatic carbocycles. The first-order chi connectivity index (χ1) is 13.8. The topological polar surface area (TPSA) is 71.3 Å². The first kappa shape index (κ1) is 21.0. The standard InChI is InChI=1S/C21H18ClFN2O3S/c1-12-17(9-10-28-12)21(27)25-19-11-15(5-8-18(19)23)24-20(26)13(2)29-16-6-3-14(22)4-7-16/h3-11,13H,1-2H3,(H,24,26)(H,25,27). The number of carbonyl (C=O) groups excluding carboxylic acids is 2. The van der Waals surface area contributed by atoms with Gasteiger partial charge in [0.25, 0.3) is 5.91 Å². The van der Waals surface area contributed by atoms with E-state index in [0.29, 0.717) is 22.0 Å². The van der Waals surface area contributed by atoms with Gasteiger partial charge >= 0.3 is 0 Å². The maximum absolute atomic E-state index is 14.1. The van der Waals surface area contributed by atoms with Crippen LogP contribution >= 0.6 is 23.4 Å². The van der Waals surface area contributed by atoms with Crippen molar-refractivity contribution < 1.29 is 18.4 Å². The normalized spacial score (nSPS) is 11.7. The van der Waals surface area contributed by atoms with Crippen molar-refractivity contribution >= 4 is 46.6 Å². The number of carbonyl (C=O) groups is 2. The predicted molar refractivity (Wildman–Crippen MR) is 113 cm³/mol. The number of hydrogen-bond donors (Lipinski definition) is 2. The van der Waals surface area contributed by atoms with Crippen molar-refractivity contribution in [1.82, 2.24) is 0 Å². The van der Waals surface area contributed by atoms with E-state index in [1.165, 1.54) is 42.3 Å². The molecule has 1 unspecified atom stereocenters. The van der Waals surface area contributed by atoms with Gasteiger partial charge in [-0.2, -0.15) is 0 Å². The highest BCUT2D eigenvalue weighted by Gasteiger charge is 2.17. The molecule has 1 aromatic heterocycles. The SMILES string of the molecule is Cc1occc1C(=O)Nc1cc(NC(=O)C(C)Sc2ccc(Cl)cc2)ccc1F. The molecular formula is C21H18ClFN2O3S. The van der Waals surface area contributed by atoms with Crippen LogP contribution < -0.4 is 10.6 Å². The molecule has 150 valence electrons. The molecular weight excluding hydrogens is 415 g/mol. The number of thioether (sulfide) groups is 1. The zero-order valence-corrected chi connectivity index (χ0v) is 17.2. The largest absolute Gasteiger partial charge is 0.469 e. The van der Waals surface area contributed by atoms with Crippen LogP contribution in [0.5, 0.6) is 0 Å². The third kappa shape index (κ3) is 5.40. The van der Waals surface area contributed by atoms with Crippen LogP contribution in [-0.4, -0.2) is 17.1 Å². The zero-order valence-electron chi connectivity index (χ0n) is 15.7. The average Bonchev–Trinajstić information content (AvgIpc) is 3.12. The highest BCUT2D eigenvalue weighted by atomic mass is 35.5. The van der Waals surface area contributed by atoms with Crippen molar-refractivity contribution in [3.63, 3.8) is 0 Å². The van der Waals surface area contributed by atoms with Crippen LogP contribution in [0.1, 0.15) is 23.0 Å². The second kappa shape index (κ2) is 9.15. The molecule has 3 aromatic rings. The molecule has 2 amide bonds. The molecule has 0 aliphatic carbocycles. The van der Waals surface area contributed by atoms with E-state index < -0.39 is 17.0 Å². The second-order valence-electron chi connectivity index (χ2n) is 6.24. The Labute approximate surface area is 176 Å².